The van der Waals surface area contributed by atoms with Gasteiger partial charge in [-0.15, -0.1) is 0 Å². The van der Waals surface area contributed by atoms with Crippen molar-refractivity contribution < 1.29 is 9.18 Å². The minimum Gasteiger partial charge on any atom is -0.294 e. The van der Waals surface area contributed by atoms with Gasteiger partial charge in [-0.2, -0.15) is 5.10 Å². The average molecular weight is 298 g/mol. The van der Waals surface area contributed by atoms with Gasteiger partial charge in [-0.25, -0.2) is 9.37 Å². The molecule has 0 saturated heterocycles. The molecule has 0 spiro atoms. The molecule has 4 nitrogen and oxygen atoms in total. The van der Waals surface area contributed by atoms with E-state index in [9.17, 15) is 9.18 Å². The van der Waals surface area contributed by atoms with Gasteiger partial charge >= 0.3 is 0 Å². The number of ketones is 1. The van der Waals surface area contributed by atoms with Gasteiger partial charge in [-0.05, 0) is 34.1 Å². The highest BCUT2D eigenvalue weighted by Gasteiger charge is 2.12. The number of carbonyl (C=O) groups excluding carboxylic acids is 1. The van der Waals surface area contributed by atoms with Crippen molar-refractivity contribution >= 4 is 21.7 Å². The van der Waals surface area contributed by atoms with Crippen molar-refractivity contribution in [1.82, 2.24) is 14.8 Å². The number of aromatic nitrogens is 3. The van der Waals surface area contributed by atoms with Gasteiger partial charge < -0.3 is 0 Å². The molecule has 0 atom stereocenters. The molecule has 0 aliphatic rings. The maximum absolute atomic E-state index is 13.0. The Morgan fingerprint density at radius 1 is 1.53 bits per heavy atom. The highest BCUT2D eigenvalue weighted by Crippen LogP contribution is 2.17. The van der Waals surface area contributed by atoms with E-state index in [4.69, 9.17) is 0 Å². The van der Waals surface area contributed by atoms with Gasteiger partial charge in [-0.1, -0.05) is 0 Å². The first-order valence-electron chi connectivity index (χ1n) is 4.89. The van der Waals surface area contributed by atoms with Crippen LogP contribution in [0.4, 0.5) is 4.39 Å². The first-order chi connectivity index (χ1) is 8.08. The lowest BCUT2D eigenvalue weighted by Crippen LogP contribution is -2.09. The number of hydrogen-bond donors (Lipinski definition) is 0. The van der Waals surface area contributed by atoms with Crippen LogP contribution >= 0.6 is 15.9 Å². The van der Waals surface area contributed by atoms with Gasteiger partial charge in [0.15, 0.2) is 5.78 Å². The summed E-state index contributed by atoms with van der Waals surface area (Å²) in [7, 11) is 1.72. The van der Waals surface area contributed by atoms with Crippen molar-refractivity contribution in [3.8, 4) is 0 Å². The van der Waals surface area contributed by atoms with E-state index < -0.39 is 0 Å². The summed E-state index contributed by atoms with van der Waals surface area (Å²) in [5.41, 5.74) is 0.446. The maximum Gasteiger partial charge on any atom is 0.170 e. The predicted octanol–water partition coefficient (Wildman–Crippen LogP) is 2.14. The Balaban J connectivity index is 2.20. The van der Waals surface area contributed by atoms with E-state index in [-0.39, 0.29) is 22.5 Å². The van der Waals surface area contributed by atoms with Crippen LogP contribution in [0, 0.1) is 5.82 Å². The highest BCUT2D eigenvalue weighted by molar-refractivity contribution is 9.10. The quantitative estimate of drug-likeness (QED) is 0.816. The molecular weight excluding hydrogens is 289 g/mol. The lowest BCUT2D eigenvalue weighted by molar-refractivity contribution is 0.0989. The molecule has 17 heavy (non-hydrogen) atoms. The summed E-state index contributed by atoms with van der Waals surface area (Å²) >= 11 is 3.05. The fourth-order valence-electron chi connectivity index (χ4n) is 1.40. The first-order valence-corrected chi connectivity index (χ1v) is 5.68. The van der Waals surface area contributed by atoms with Crippen LogP contribution in [-0.2, 0) is 13.5 Å². The van der Waals surface area contributed by atoms with Crippen molar-refractivity contribution in [3.63, 3.8) is 0 Å². The summed E-state index contributed by atoms with van der Waals surface area (Å²) < 4.78 is 14.8. The molecule has 0 aliphatic carbocycles. The molecule has 1 aromatic carbocycles. The van der Waals surface area contributed by atoms with Crippen LogP contribution in [0.5, 0.6) is 0 Å². The predicted molar refractivity (Wildman–Crippen MR) is 63.1 cm³/mol. The van der Waals surface area contributed by atoms with Gasteiger partial charge in [0.05, 0.1) is 10.9 Å². The molecule has 0 fully saturated rings. The molecule has 88 valence electrons. The Hall–Kier alpha value is -1.56. The number of carbonyl (C=O) groups is 1. The molecule has 0 saturated carbocycles. The van der Waals surface area contributed by atoms with E-state index in [1.807, 2.05) is 0 Å². The fraction of sp³-hybridized carbons (Fsp3) is 0.182. The standard InChI is InChI=1S/C11H9BrFN3O/c1-16-11(14-6-15-16)5-10(17)7-2-3-9(13)8(12)4-7/h2-4,6H,5H2,1H3. The second-order valence-electron chi connectivity index (χ2n) is 3.53. The Kier molecular flexibility index (Phi) is 3.33. The van der Waals surface area contributed by atoms with Crippen LogP contribution < -0.4 is 0 Å². The largest absolute Gasteiger partial charge is 0.294 e. The van der Waals surface area contributed by atoms with Gasteiger partial charge in [0.25, 0.3) is 0 Å². The summed E-state index contributed by atoms with van der Waals surface area (Å²) in [6.07, 6.45) is 1.54. The maximum atomic E-state index is 13.0. The van der Waals surface area contributed by atoms with Crippen LogP contribution in [0.15, 0.2) is 29.0 Å². The normalized spacial score (nSPS) is 10.5. The third-order valence-corrected chi connectivity index (χ3v) is 2.97. The lowest BCUT2D eigenvalue weighted by Gasteiger charge is -2.02. The fourth-order valence-corrected chi connectivity index (χ4v) is 1.77. The van der Waals surface area contributed by atoms with Gasteiger partial charge in [0.1, 0.15) is 18.0 Å². The molecule has 2 aromatic rings. The van der Waals surface area contributed by atoms with Gasteiger partial charge in [0, 0.05) is 12.6 Å². The number of aryl methyl sites for hydroxylation is 1. The number of rotatable bonds is 3. The molecular formula is C11H9BrFN3O. The Bertz CT molecular complexity index is 568. The SMILES string of the molecule is Cn1ncnc1CC(=O)c1ccc(F)c(Br)c1. The van der Waals surface area contributed by atoms with Gasteiger partial charge in [-0.3, -0.25) is 9.48 Å². The second kappa shape index (κ2) is 4.75. The minimum absolute atomic E-state index is 0.123. The highest BCUT2D eigenvalue weighted by atomic mass is 79.9. The zero-order valence-corrected chi connectivity index (χ0v) is 10.6. The molecule has 0 bridgehead atoms. The molecule has 2 rings (SSSR count). The Morgan fingerprint density at radius 3 is 2.88 bits per heavy atom. The topological polar surface area (TPSA) is 47.8 Å². The van der Waals surface area contributed by atoms with E-state index >= 15 is 0 Å². The molecule has 1 aromatic heterocycles. The zero-order chi connectivity index (χ0) is 12.4. The number of halogens is 2. The van der Waals surface area contributed by atoms with Crippen molar-refractivity contribution in [1.29, 1.82) is 0 Å². The van der Waals surface area contributed by atoms with E-state index in [1.54, 1.807) is 7.05 Å². The summed E-state index contributed by atoms with van der Waals surface area (Å²) in [5, 5.41) is 3.88. The first kappa shape index (κ1) is 11.9. The molecule has 1 heterocycles. The van der Waals surface area contributed by atoms with Crippen LogP contribution in [0.2, 0.25) is 0 Å². The summed E-state index contributed by atoms with van der Waals surface area (Å²) in [5.74, 6) is 0.0671. The van der Waals surface area contributed by atoms with E-state index in [1.165, 1.54) is 29.2 Å². The summed E-state index contributed by atoms with van der Waals surface area (Å²) in [6.45, 7) is 0. The lowest BCUT2D eigenvalue weighted by atomic mass is 10.1. The second-order valence-corrected chi connectivity index (χ2v) is 4.38. The Labute approximate surface area is 106 Å². The van der Waals surface area contributed by atoms with Crippen molar-refractivity contribution in [2.24, 2.45) is 7.05 Å². The number of nitrogens with zero attached hydrogens (tertiary/aromatic N) is 3. The minimum atomic E-state index is -0.389. The number of benzene rings is 1. The molecule has 0 radical (unpaired) electrons. The van der Waals surface area contributed by atoms with Crippen LogP contribution in [0.1, 0.15) is 16.2 Å². The third-order valence-electron chi connectivity index (χ3n) is 2.37. The summed E-state index contributed by atoms with van der Waals surface area (Å²) in [6, 6.07) is 4.18. The van der Waals surface area contributed by atoms with Gasteiger partial charge in [0.2, 0.25) is 0 Å². The van der Waals surface area contributed by atoms with Crippen molar-refractivity contribution in [2.75, 3.05) is 0 Å². The average Bonchev–Trinajstić information content (AvgIpc) is 2.68. The van der Waals surface area contributed by atoms with Crippen molar-refractivity contribution in [2.45, 2.75) is 6.42 Å². The van der Waals surface area contributed by atoms with Crippen LogP contribution in [0.3, 0.4) is 0 Å². The smallest absolute Gasteiger partial charge is 0.170 e. The van der Waals surface area contributed by atoms with E-state index in [0.717, 1.165) is 0 Å². The molecule has 0 unspecified atom stereocenters. The summed E-state index contributed by atoms with van der Waals surface area (Å²) in [4.78, 5) is 15.9. The molecule has 0 aliphatic heterocycles. The van der Waals surface area contributed by atoms with E-state index in [0.29, 0.717) is 11.4 Å². The molecule has 0 N–H and O–H groups in total. The van der Waals surface area contributed by atoms with Crippen LogP contribution in [0.25, 0.3) is 0 Å². The van der Waals surface area contributed by atoms with E-state index in [2.05, 4.69) is 26.0 Å². The molecule has 6 heteroatoms. The van der Waals surface area contributed by atoms with Crippen molar-refractivity contribution in [3.05, 3.63) is 46.2 Å². The third kappa shape index (κ3) is 2.58. The monoisotopic (exact) mass is 297 g/mol. The Morgan fingerprint density at radius 2 is 2.29 bits per heavy atom. The zero-order valence-electron chi connectivity index (χ0n) is 9.02. The van der Waals surface area contributed by atoms with Crippen LogP contribution in [-0.4, -0.2) is 20.5 Å². The molecule has 0 amide bonds. The number of hydrogen-bond acceptors (Lipinski definition) is 3. The number of Topliss-reactive ketones (excluding diaryl/α,β-unsaturated/α-hetero) is 1.